The van der Waals surface area contributed by atoms with Gasteiger partial charge in [0.15, 0.2) is 5.96 Å². The quantitative estimate of drug-likeness (QED) is 0.235. The number of alkyl halides is 3. The van der Waals surface area contributed by atoms with Crippen molar-refractivity contribution in [3.63, 3.8) is 0 Å². The molecule has 166 valence electrons. The number of nitrogens with one attached hydrogen (secondary N) is 2. The summed E-state index contributed by atoms with van der Waals surface area (Å²) < 4.78 is 43.2. The van der Waals surface area contributed by atoms with E-state index < -0.39 is 11.7 Å². The molecule has 1 aromatic heterocycles. The van der Waals surface area contributed by atoms with Gasteiger partial charge < -0.3 is 20.3 Å². The SMILES string of the molecule is CCCN1CCC(NC(=NC)NCCOc2ncc(C(F)(F)F)cc2Cl)CC1.I. The topological polar surface area (TPSA) is 61.8 Å². The molecule has 0 unspecified atom stereocenters. The molecule has 1 aliphatic heterocycles. The molecule has 29 heavy (non-hydrogen) atoms. The zero-order chi connectivity index (χ0) is 20.6. The minimum Gasteiger partial charge on any atom is -0.475 e. The number of nitrogens with zero attached hydrogens (tertiary/aromatic N) is 3. The highest BCUT2D eigenvalue weighted by molar-refractivity contribution is 14.0. The lowest BCUT2D eigenvalue weighted by molar-refractivity contribution is -0.137. The molecule has 0 bridgehead atoms. The number of rotatable bonds is 7. The molecule has 0 aliphatic carbocycles. The summed E-state index contributed by atoms with van der Waals surface area (Å²) in [6, 6.07) is 1.18. The van der Waals surface area contributed by atoms with Crippen LogP contribution in [0.2, 0.25) is 5.02 Å². The fourth-order valence-electron chi connectivity index (χ4n) is 3.01. The average molecular weight is 550 g/mol. The predicted molar refractivity (Wildman–Crippen MR) is 119 cm³/mol. The van der Waals surface area contributed by atoms with Crippen molar-refractivity contribution in [1.82, 2.24) is 20.5 Å². The lowest BCUT2D eigenvalue weighted by Crippen LogP contribution is -2.49. The monoisotopic (exact) mass is 549 g/mol. The molecule has 1 saturated heterocycles. The first-order valence-electron chi connectivity index (χ1n) is 9.38. The first kappa shape index (κ1) is 26.0. The Balaban J connectivity index is 0.00000420. The summed E-state index contributed by atoms with van der Waals surface area (Å²) in [5.74, 6) is 0.645. The number of halogens is 5. The Kier molecular flexibility index (Phi) is 11.3. The van der Waals surface area contributed by atoms with Gasteiger partial charge in [0.05, 0.1) is 12.1 Å². The molecule has 0 amide bonds. The molecule has 0 saturated carbocycles. The molecule has 0 atom stereocenters. The van der Waals surface area contributed by atoms with Crippen LogP contribution in [0.5, 0.6) is 5.88 Å². The van der Waals surface area contributed by atoms with Gasteiger partial charge in [-0.2, -0.15) is 13.2 Å². The number of pyridine rings is 1. The van der Waals surface area contributed by atoms with Crippen LogP contribution < -0.4 is 15.4 Å². The normalized spacial score (nSPS) is 16.3. The smallest absolute Gasteiger partial charge is 0.417 e. The number of ether oxygens (including phenoxy) is 1. The predicted octanol–water partition coefficient (Wildman–Crippen LogP) is 3.79. The average Bonchev–Trinajstić information content (AvgIpc) is 2.66. The van der Waals surface area contributed by atoms with Crippen molar-refractivity contribution >= 4 is 41.5 Å². The lowest BCUT2D eigenvalue weighted by Gasteiger charge is -2.32. The second kappa shape index (κ2) is 12.6. The van der Waals surface area contributed by atoms with Crippen molar-refractivity contribution in [2.24, 2.45) is 4.99 Å². The Hall–Kier alpha value is -1.01. The van der Waals surface area contributed by atoms with Gasteiger partial charge in [-0.05, 0) is 31.9 Å². The van der Waals surface area contributed by atoms with Crippen molar-refractivity contribution in [2.75, 3.05) is 39.8 Å². The highest BCUT2D eigenvalue weighted by atomic mass is 127. The summed E-state index contributed by atoms with van der Waals surface area (Å²) >= 11 is 5.82. The van der Waals surface area contributed by atoms with E-state index in [0.29, 0.717) is 24.7 Å². The third-order valence-electron chi connectivity index (χ3n) is 4.46. The maximum Gasteiger partial charge on any atom is 0.417 e. The molecule has 1 fully saturated rings. The van der Waals surface area contributed by atoms with Gasteiger partial charge in [0.2, 0.25) is 5.88 Å². The van der Waals surface area contributed by atoms with Crippen LogP contribution in [0.1, 0.15) is 31.7 Å². The molecule has 0 radical (unpaired) electrons. The van der Waals surface area contributed by atoms with Gasteiger partial charge in [-0.3, -0.25) is 4.99 Å². The Labute approximate surface area is 191 Å². The van der Waals surface area contributed by atoms with Gasteiger partial charge in [-0.15, -0.1) is 24.0 Å². The number of likely N-dealkylation sites (tertiary alicyclic amines) is 1. The van der Waals surface area contributed by atoms with Crippen LogP contribution in [-0.4, -0.2) is 61.7 Å². The molecule has 1 aliphatic rings. The van der Waals surface area contributed by atoms with Gasteiger partial charge >= 0.3 is 6.18 Å². The van der Waals surface area contributed by atoms with Crippen LogP contribution in [0, 0.1) is 0 Å². The molecule has 0 spiro atoms. The fourth-order valence-corrected chi connectivity index (χ4v) is 3.23. The summed E-state index contributed by atoms with van der Waals surface area (Å²) in [6.45, 7) is 6.07. The molecule has 0 aromatic carbocycles. The first-order valence-corrected chi connectivity index (χ1v) is 9.76. The molecule has 2 heterocycles. The Morgan fingerprint density at radius 1 is 1.38 bits per heavy atom. The number of aromatic nitrogens is 1. The summed E-state index contributed by atoms with van der Waals surface area (Å²) in [5.41, 5.74) is -0.905. The molecule has 6 nitrogen and oxygen atoms in total. The van der Waals surface area contributed by atoms with E-state index in [4.69, 9.17) is 16.3 Å². The molecular weight excluding hydrogens is 522 g/mol. The standard InChI is InChI=1S/C18H27ClF3N5O.HI/c1-3-7-27-8-4-14(5-9-27)26-17(23-2)24-6-10-28-16-15(19)11-13(12-25-16)18(20,21)22;/h11-12,14H,3-10H2,1-2H3,(H2,23,24,26);1H. The van der Waals surface area contributed by atoms with Crippen molar-refractivity contribution in [3.05, 3.63) is 22.8 Å². The fraction of sp³-hybridized carbons (Fsp3) is 0.667. The van der Waals surface area contributed by atoms with Gasteiger partial charge in [-0.1, -0.05) is 18.5 Å². The number of hydrogen-bond acceptors (Lipinski definition) is 4. The molecule has 11 heteroatoms. The lowest BCUT2D eigenvalue weighted by atomic mass is 10.1. The van der Waals surface area contributed by atoms with E-state index in [1.54, 1.807) is 7.05 Å². The number of hydrogen-bond donors (Lipinski definition) is 2. The van der Waals surface area contributed by atoms with Crippen LogP contribution in [-0.2, 0) is 6.18 Å². The van der Waals surface area contributed by atoms with E-state index >= 15 is 0 Å². The van der Waals surface area contributed by atoms with Gasteiger partial charge in [0.25, 0.3) is 0 Å². The van der Waals surface area contributed by atoms with E-state index in [0.717, 1.165) is 38.5 Å². The number of aliphatic imine (C=N–C) groups is 1. The molecule has 2 rings (SSSR count). The van der Waals surface area contributed by atoms with Crippen LogP contribution in [0.3, 0.4) is 0 Å². The summed E-state index contributed by atoms with van der Waals surface area (Å²) in [7, 11) is 1.69. The van der Waals surface area contributed by atoms with Crippen LogP contribution in [0.25, 0.3) is 0 Å². The Bertz CT molecular complexity index is 655. The molecule has 1 aromatic rings. The molecule has 2 N–H and O–H groups in total. The second-order valence-corrected chi connectivity index (χ2v) is 7.02. The van der Waals surface area contributed by atoms with Crippen LogP contribution in [0.4, 0.5) is 13.2 Å². The zero-order valence-electron chi connectivity index (χ0n) is 16.6. The third-order valence-corrected chi connectivity index (χ3v) is 4.73. The minimum atomic E-state index is -4.48. The zero-order valence-corrected chi connectivity index (χ0v) is 19.6. The number of piperidine rings is 1. The first-order chi connectivity index (χ1) is 13.3. The minimum absolute atomic E-state index is 0. The number of guanidine groups is 1. The van der Waals surface area contributed by atoms with Crippen molar-refractivity contribution in [1.29, 1.82) is 0 Å². The van der Waals surface area contributed by atoms with Crippen molar-refractivity contribution in [3.8, 4) is 5.88 Å². The second-order valence-electron chi connectivity index (χ2n) is 6.62. The van der Waals surface area contributed by atoms with E-state index in [9.17, 15) is 13.2 Å². The van der Waals surface area contributed by atoms with Gasteiger partial charge in [0, 0.05) is 32.4 Å². The van der Waals surface area contributed by atoms with Gasteiger partial charge in [0.1, 0.15) is 11.6 Å². The summed E-state index contributed by atoms with van der Waals surface area (Å²) in [4.78, 5) is 10.3. The molecular formula is C18H28ClF3IN5O. The summed E-state index contributed by atoms with van der Waals surface area (Å²) in [6.07, 6.45) is -0.495. The van der Waals surface area contributed by atoms with Gasteiger partial charge in [-0.25, -0.2) is 4.98 Å². The van der Waals surface area contributed by atoms with Crippen LogP contribution in [0.15, 0.2) is 17.3 Å². The Morgan fingerprint density at radius 3 is 2.62 bits per heavy atom. The van der Waals surface area contributed by atoms with Crippen molar-refractivity contribution < 1.29 is 17.9 Å². The largest absolute Gasteiger partial charge is 0.475 e. The van der Waals surface area contributed by atoms with Crippen molar-refractivity contribution in [2.45, 2.75) is 38.4 Å². The van der Waals surface area contributed by atoms with E-state index in [2.05, 4.69) is 32.4 Å². The summed E-state index contributed by atoms with van der Waals surface area (Å²) in [5, 5.41) is 6.35. The van der Waals surface area contributed by atoms with Crippen LogP contribution >= 0.6 is 35.6 Å². The van der Waals surface area contributed by atoms with E-state index in [-0.39, 0.29) is 41.5 Å². The maximum atomic E-state index is 12.6. The highest BCUT2D eigenvalue weighted by Crippen LogP contribution is 2.32. The van der Waals surface area contributed by atoms with E-state index in [1.807, 2.05) is 0 Å². The third kappa shape index (κ3) is 8.71. The van der Waals surface area contributed by atoms with E-state index in [1.165, 1.54) is 6.42 Å². The highest BCUT2D eigenvalue weighted by Gasteiger charge is 2.31. The Morgan fingerprint density at radius 2 is 2.07 bits per heavy atom. The maximum absolute atomic E-state index is 12.6.